The molecule has 1 saturated heterocycles. The molecule has 112 valence electrons. The molecule has 5 nitrogen and oxygen atoms in total. The number of anilines is 1. The van der Waals surface area contributed by atoms with Gasteiger partial charge < -0.3 is 19.9 Å². The molecule has 1 aromatic rings. The Morgan fingerprint density at radius 3 is 2.75 bits per heavy atom. The van der Waals surface area contributed by atoms with Gasteiger partial charge in [-0.05, 0) is 24.8 Å². The summed E-state index contributed by atoms with van der Waals surface area (Å²) >= 11 is 0. The molecule has 0 spiro atoms. The first kappa shape index (κ1) is 15.1. The fraction of sp³-hybridized carbons (Fsp3) is 0.667. The molecule has 1 aliphatic rings. The van der Waals surface area contributed by atoms with Crippen LogP contribution in [0.5, 0.6) is 0 Å². The number of rotatable bonds is 6. The van der Waals surface area contributed by atoms with Gasteiger partial charge >= 0.3 is 0 Å². The predicted molar refractivity (Wildman–Crippen MR) is 81.2 cm³/mol. The summed E-state index contributed by atoms with van der Waals surface area (Å²) < 4.78 is 7.07. The summed E-state index contributed by atoms with van der Waals surface area (Å²) in [5, 5.41) is 0. The van der Waals surface area contributed by atoms with Crippen molar-refractivity contribution in [2.24, 2.45) is 11.7 Å². The Bertz CT molecular complexity index is 464. The third kappa shape index (κ3) is 4.08. The largest absolute Gasteiger partial charge is 0.378 e. The molecule has 2 N–H and O–H groups in total. The van der Waals surface area contributed by atoms with Crippen molar-refractivity contribution in [3.8, 4) is 0 Å². The number of nitrogens with two attached hydrogens (primary N) is 1. The van der Waals surface area contributed by atoms with Crippen molar-refractivity contribution in [1.82, 2.24) is 4.57 Å². The number of hydrogen-bond acceptors (Lipinski definition) is 4. The predicted octanol–water partition coefficient (Wildman–Crippen LogP) is 1.06. The van der Waals surface area contributed by atoms with Crippen LogP contribution < -0.4 is 16.2 Å². The molecule has 0 amide bonds. The summed E-state index contributed by atoms with van der Waals surface area (Å²) in [6.45, 7) is 6.60. The molecular formula is C15H25N3O2. The smallest absolute Gasteiger partial charge is 0.250 e. The van der Waals surface area contributed by atoms with Gasteiger partial charge in [0, 0.05) is 38.4 Å². The molecule has 2 heterocycles. The van der Waals surface area contributed by atoms with Gasteiger partial charge in [0.05, 0.1) is 18.9 Å². The van der Waals surface area contributed by atoms with Crippen LogP contribution in [-0.4, -0.2) is 37.4 Å². The van der Waals surface area contributed by atoms with Crippen LogP contribution in [0.25, 0.3) is 0 Å². The zero-order chi connectivity index (χ0) is 14.4. The van der Waals surface area contributed by atoms with E-state index < -0.39 is 0 Å². The van der Waals surface area contributed by atoms with Crippen molar-refractivity contribution >= 4 is 5.69 Å². The molecular weight excluding hydrogens is 254 g/mol. The van der Waals surface area contributed by atoms with Gasteiger partial charge in [-0.25, -0.2) is 0 Å². The van der Waals surface area contributed by atoms with E-state index in [0.29, 0.717) is 26.3 Å². The van der Waals surface area contributed by atoms with Gasteiger partial charge in [0.15, 0.2) is 0 Å². The van der Waals surface area contributed by atoms with Crippen molar-refractivity contribution in [2.75, 3.05) is 37.7 Å². The number of pyridine rings is 1. The highest BCUT2D eigenvalue weighted by Gasteiger charge is 2.16. The highest BCUT2D eigenvalue weighted by molar-refractivity contribution is 5.44. The SMILES string of the molecule is CC1CCN(c2ccc(=O)n(CCOCCN)c2)CC1. The fourth-order valence-corrected chi connectivity index (χ4v) is 2.50. The standard InChI is InChI=1S/C15H25N3O2/c1-13-4-7-17(8-5-13)14-2-3-15(19)18(12-14)9-11-20-10-6-16/h2-3,12-13H,4-11,16H2,1H3. The summed E-state index contributed by atoms with van der Waals surface area (Å²) in [5.41, 5.74) is 6.53. The summed E-state index contributed by atoms with van der Waals surface area (Å²) in [4.78, 5) is 14.2. The van der Waals surface area contributed by atoms with Gasteiger partial charge in [-0.2, -0.15) is 0 Å². The van der Waals surface area contributed by atoms with E-state index in [2.05, 4.69) is 11.8 Å². The lowest BCUT2D eigenvalue weighted by atomic mass is 9.99. The Morgan fingerprint density at radius 1 is 1.30 bits per heavy atom. The van der Waals surface area contributed by atoms with Crippen LogP contribution in [0.4, 0.5) is 5.69 Å². The lowest BCUT2D eigenvalue weighted by molar-refractivity contribution is 0.132. The molecule has 1 aromatic heterocycles. The van der Waals surface area contributed by atoms with E-state index in [1.165, 1.54) is 12.8 Å². The molecule has 0 unspecified atom stereocenters. The minimum atomic E-state index is 0.0236. The van der Waals surface area contributed by atoms with Crippen LogP contribution in [0.1, 0.15) is 19.8 Å². The van der Waals surface area contributed by atoms with Gasteiger partial charge in [-0.15, -0.1) is 0 Å². The summed E-state index contributed by atoms with van der Waals surface area (Å²) in [7, 11) is 0. The Balaban J connectivity index is 1.98. The molecule has 1 fully saturated rings. The third-order valence-electron chi connectivity index (χ3n) is 3.86. The molecule has 0 aromatic carbocycles. The van der Waals surface area contributed by atoms with Gasteiger partial charge in [-0.3, -0.25) is 4.79 Å². The maximum Gasteiger partial charge on any atom is 0.250 e. The van der Waals surface area contributed by atoms with Gasteiger partial charge in [0.1, 0.15) is 0 Å². The highest BCUT2D eigenvalue weighted by atomic mass is 16.5. The van der Waals surface area contributed by atoms with Crippen molar-refractivity contribution in [2.45, 2.75) is 26.3 Å². The fourth-order valence-electron chi connectivity index (χ4n) is 2.50. The second-order valence-electron chi connectivity index (χ2n) is 5.49. The zero-order valence-electron chi connectivity index (χ0n) is 12.3. The molecule has 0 aliphatic carbocycles. The lowest BCUT2D eigenvalue weighted by Gasteiger charge is -2.32. The molecule has 2 rings (SSSR count). The lowest BCUT2D eigenvalue weighted by Crippen LogP contribution is -2.34. The summed E-state index contributed by atoms with van der Waals surface area (Å²) in [6.07, 6.45) is 4.39. The molecule has 0 saturated carbocycles. The Morgan fingerprint density at radius 2 is 2.05 bits per heavy atom. The quantitative estimate of drug-likeness (QED) is 0.791. The molecule has 0 atom stereocenters. The first-order valence-corrected chi connectivity index (χ1v) is 7.44. The Hall–Kier alpha value is -1.33. The normalized spacial score (nSPS) is 16.6. The van der Waals surface area contributed by atoms with Crippen molar-refractivity contribution < 1.29 is 4.74 Å². The molecule has 1 aliphatic heterocycles. The zero-order valence-corrected chi connectivity index (χ0v) is 12.3. The monoisotopic (exact) mass is 279 g/mol. The average Bonchev–Trinajstić information content (AvgIpc) is 2.46. The van der Waals surface area contributed by atoms with Crippen molar-refractivity contribution in [3.05, 3.63) is 28.7 Å². The van der Waals surface area contributed by atoms with Gasteiger partial charge in [0.2, 0.25) is 0 Å². The topological polar surface area (TPSA) is 60.5 Å². The second-order valence-corrected chi connectivity index (χ2v) is 5.49. The minimum Gasteiger partial charge on any atom is -0.378 e. The average molecular weight is 279 g/mol. The van der Waals surface area contributed by atoms with E-state index >= 15 is 0 Å². The van der Waals surface area contributed by atoms with Crippen LogP contribution >= 0.6 is 0 Å². The van der Waals surface area contributed by atoms with E-state index in [1.807, 2.05) is 12.3 Å². The maximum absolute atomic E-state index is 11.8. The van der Waals surface area contributed by atoms with Crippen molar-refractivity contribution in [3.63, 3.8) is 0 Å². The Labute approximate surface area is 120 Å². The first-order chi connectivity index (χ1) is 9.70. The number of aromatic nitrogens is 1. The third-order valence-corrected chi connectivity index (χ3v) is 3.86. The molecule has 20 heavy (non-hydrogen) atoms. The molecule has 0 radical (unpaired) electrons. The van der Waals surface area contributed by atoms with Crippen LogP contribution in [0.2, 0.25) is 0 Å². The Kier molecular flexibility index (Phi) is 5.61. The summed E-state index contributed by atoms with van der Waals surface area (Å²) in [6, 6.07) is 3.58. The number of piperidine rings is 1. The second kappa shape index (κ2) is 7.45. The van der Waals surface area contributed by atoms with Crippen LogP contribution in [0, 0.1) is 5.92 Å². The minimum absolute atomic E-state index is 0.0236. The summed E-state index contributed by atoms with van der Waals surface area (Å²) in [5.74, 6) is 0.807. The van der Waals surface area contributed by atoms with E-state index in [-0.39, 0.29) is 5.56 Å². The van der Waals surface area contributed by atoms with Crippen LogP contribution in [-0.2, 0) is 11.3 Å². The number of hydrogen-bond donors (Lipinski definition) is 1. The first-order valence-electron chi connectivity index (χ1n) is 7.44. The van der Waals surface area contributed by atoms with Crippen LogP contribution in [0.15, 0.2) is 23.1 Å². The molecule has 5 heteroatoms. The maximum atomic E-state index is 11.8. The van der Waals surface area contributed by atoms with E-state index in [9.17, 15) is 4.79 Å². The number of ether oxygens (including phenoxy) is 1. The number of nitrogens with zero attached hydrogens (tertiary/aromatic N) is 2. The molecule has 0 bridgehead atoms. The van der Waals surface area contributed by atoms with Crippen LogP contribution in [0.3, 0.4) is 0 Å². The van der Waals surface area contributed by atoms with E-state index in [1.54, 1.807) is 10.6 Å². The van der Waals surface area contributed by atoms with Gasteiger partial charge in [0.25, 0.3) is 5.56 Å². The van der Waals surface area contributed by atoms with E-state index in [4.69, 9.17) is 10.5 Å². The van der Waals surface area contributed by atoms with Gasteiger partial charge in [-0.1, -0.05) is 6.92 Å². The van der Waals surface area contributed by atoms with Crippen molar-refractivity contribution in [1.29, 1.82) is 0 Å². The highest BCUT2D eigenvalue weighted by Crippen LogP contribution is 2.21. The van der Waals surface area contributed by atoms with E-state index in [0.717, 1.165) is 24.7 Å².